The number of likely N-dealkylation sites (tertiary alicyclic amines) is 3. The molecular formula is C39H50BrN5O7. The van der Waals surface area contributed by atoms with Gasteiger partial charge in [-0.1, -0.05) is 30.9 Å². The Morgan fingerprint density at radius 3 is 2.27 bits per heavy atom. The lowest BCUT2D eigenvalue weighted by molar-refractivity contribution is -0.143. The van der Waals surface area contributed by atoms with Crippen LogP contribution in [0.4, 0.5) is 15.3 Å². The maximum atomic E-state index is 14.1. The molecule has 4 aliphatic rings. The van der Waals surface area contributed by atoms with Crippen LogP contribution in [0.2, 0.25) is 0 Å². The minimum atomic E-state index is -1.05. The number of para-hydroxylation sites is 1. The highest BCUT2D eigenvalue weighted by Crippen LogP contribution is 2.34. The first-order valence-corrected chi connectivity index (χ1v) is 19.4. The largest absolute Gasteiger partial charge is 0.506 e. The Morgan fingerprint density at radius 1 is 0.942 bits per heavy atom. The van der Waals surface area contributed by atoms with E-state index in [2.05, 4.69) is 32.7 Å². The van der Waals surface area contributed by atoms with Gasteiger partial charge in [0.25, 0.3) is 5.91 Å². The van der Waals surface area contributed by atoms with Crippen LogP contribution in [0.1, 0.15) is 61.6 Å². The van der Waals surface area contributed by atoms with E-state index in [1.54, 1.807) is 23.1 Å². The number of nitrogens with zero attached hydrogens (tertiary/aromatic N) is 4. The molecule has 4 amide bonds. The highest BCUT2D eigenvalue weighted by molar-refractivity contribution is 9.10. The number of aromatic hydroxyl groups is 1. The topological polar surface area (TPSA) is 143 Å². The van der Waals surface area contributed by atoms with Crippen molar-refractivity contribution in [2.24, 2.45) is 11.8 Å². The van der Waals surface area contributed by atoms with Crippen LogP contribution in [-0.4, -0.2) is 118 Å². The Morgan fingerprint density at radius 2 is 1.60 bits per heavy atom. The number of fused-ring (bicyclic) bond motifs is 1. The fourth-order valence-corrected chi connectivity index (χ4v) is 8.86. The zero-order valence-corrected chi connectivity index (χ0v) is 31.3. The van der Waals surface area contributed by atoms with Gasteiger partial charge in [0.2, 0.25) is 0 Å². The molecule has 280 valence electrons. The molecule has 2 aromatic carbocycles. The van der Waals surface area contributed by atoms with Crippen molar-refractivity contribution in [3.63, 3.8) is 0 Å². The molecule has 0 aromatic heterocycles. The minimum Gasteiger partial charge on any atom is -0.506 e. The van der Waals surface area contributed by atoms with E-state index in [0.29, 0.717) is 74.0 Å². The van der Waals surface area contributed by atoms with Gasteiger partial charge in [-0.2, -0.15) is 0 Å². The van der Waals surface area contributed by atoms with E-state index >= 15 is 0 Å². The number of halogens is 1. The average molecular weight is 781 g/mol. The number of benzene rings is 2. The highest BCUT2D eigenvalue weighted by Gasteiger charge is 2.37. The number of phenolic OH excluding ortho intramolecular Hbond substituents is 1. The van der Waals surface area contributed by atoms with Crippen LogP contribution in [0.3, 0.4) is 0 Å². The number of carboxylic acids is 1. The molecule has 0 radical (unpaired) electrons. The quantitative estimate of drug-likeness (QED) is 0.274. The van der Waals surface area contributed by atoms with Crippen LogP contribution in [0.5, 0.6) is 5.75 Å². The number of carboxylic acid groups (broad SMARTS) is 1. The van der Waals surface area contributed by atoms with Gasteiger partial charge in [0.1, 0.15) is 5.75 Å². The van der Waals surface area contributed by atoms with Crippen molar-refractivity contribution in [2.45, 2.75) is 69.9 Å². The molecule has 3 saturated heterocycles. The molecule has 12 nitrogen and oxygen atoms in total. The number of hydrogen-bond acceptors (Lipinski definition) is 7. The van der Waals surface area contributed by atoms with Crippen molar-refractivity contribution in [3.8, 4) is 5.75 Å². The smallest absolute Gasteiger partial charge is 0.410 e. The molecule has 0 bridgehead atoms. The molecule has 0 spiro atoms. The lowest BCUT2D eigenvalue weighted by atomic mass is 9.78. The first kappa shape index (κ1) is 37.7. The van der Waals surface area contributed by atoms with E-state index in [9.17, 15) is 24.3 Å². The maximum Gasteiger partial charge on any atom is 0.410 e. The summed E-state index contributed by atoms with van der Waals surface area (Å²) in [6.07, 6.45) is 6.05. The first-order valence-electron chi connectivity index (χ1n) is 18.6. The van der Waals surface area contributed by atoms with E-state index in [1.165, 1.54) is 0 Å². The van der Waals surface area contributed by atoms with E-state index in [4.69, 9.17) is 9.84 Å². The van der Waals surface area contributed by atoms with Gasteiger partial charge in [-0.25, -0.2) is 9.59 Å². The zero-order valence-electron chi connectivity index (χ0n) is 29.7. The van der Waals surface area contributed by atoms with E-state index in [0.717, 1.165) is 62.0 Å². The fourth-order valence-electron chi connectivity index (χ4n) is 8.34. The number of hydrogen-bond donors (Lipinski definition) is 3. The van der Waals surface area contributed by atoms with Crippen LogP contribution in [0, 0.1) is 11.8 Å². The van der Waals surface area contributed by atoms with Crippen LogP contribution < -0.4 is 5.32 Å². The molecule has 0 unspecified atom stereocenters. The number of anilines is 1. The Balaban J connectivity index is 1.07. The summed E-state index contributed by atoms with van der Waals surface area (Å²) in [5.74, 6) is 0.111. The average Bonchev–Trinajstić information content (AvgIpc) is 3.33. The van der Waals surface area contributed by atoms with Gasteiger partial charge < -0.3 is 39.9 Å². The second-order valence-corrected chi connectivity index (χ2v) is 15.4. The van der Waals surface area contributed by atoms with Crippen molar-refractivity contribution in [3.05, 3.63) is 64.1 Å². The molecule has 1 atom stereocenters. The molecule has 13 heteroatoms. The number of phenols is 1. The molecule has 3 fully saturated rings. The summed E-state index contributed by atoms with van der Waals surface area (Å²) in [4.78, 5) is 59.5. The van der Waals surface area contributed by atoms with Crippen molar-refractivity contribution in [1.29, 1.82) is 0 Å². The summed E-state index contributed by atoms with van der Waals surface area (Å²) in [6, 6.07) is 11.2. The van der Waals surface area contributed by atoms with Crippen molar-refractivity contribution >= 4 is 51.7 Å². The highest BCUT2D eigenvalue weighted by atomic mass is 79.9. The molecule has 0 aliphatic carbocycles. The molecular weight excluding hydrogens is 730 g/mol. The zero-order chi connectivity index (χ0) is 36.8. The fraction of sp³-hybridized carbons (Fsp3) is 0.538. The van der Waals surface area contributed by atoms with Gasteiger partial charge in [-0.3, -0.25) is 9.59 Å². The Hall–Kier alpha value is -4.10. The summed E-state index contributed by atoms with van der Waals surface area (Å²) in [5, 5.41) is 22.5. The number of piperidine rings is 3. The minimum absolute atomic E-state index is 0.0132. The molecule has 4 aliphatic heterocycles. The first-order chi connectivity index (χ1) is 25.1. The Labute approximate surface area is 313 Å². The van der Waals surface area contributed by atoms with Gasteiger partial charge in [0.15, 0.2) is 6.10 Å². The number of rotatable bonds is 10. The van der Waals surface area contributed by atoms with Gasteiger partial charge in [0, 0.05) is 63.0 Å². The summed E-state index contributed by atoms with van der Waals surface area (Å²) in [7, 11) is 0. The molecule has 2 aromatic rings. The van der Waals surface area contributed by atoms with E-state index < -0.39 is 18.2 Å². The third-order valence-corrected chi connectivity index (χ3v) is 12.0. The van der Waals surface area contributed by atoms with E-state index in [1.807, 2.05) is 34.1 Å². The standard InChI is InChI=1S/C39H50BrN5O7/c1-2-27-23-26(24-32(40)36(27)48)25-34(37(49)43-18-9-29(10-19-43)28-7-15-42(16-8-28)17-14-35(46)47)52-39(51)44-20-12-31(13-21-44)45-22-11-30-5-3-4-6-33(30)41-38(45)50/h2-6,23-24,28-29,31,34,48H,1,7-22,25H2,(H,41,50)(H,46,47)/t34-/m1/s1. The van der Waals surface area contributed by atoms with E-state index in [-0.39, 0.29) is 36.6 Å². The Kier molecular flexibility index (Phi) is 12.4. The third kappa shape index (κ3) is 9.09. The van der Waals surface area contributed by atoms with Crippen LogP contribution in [0.15, 0.2) is 47.4 Å². The van der Waals surface area contributed by atoms with Gasteiger partial charge in [-0.05, 0) is 115 Å². The number of ether oxygens (including phenoxy) is 1. The predicted molar refractivity (Wildman–Crippen MR) is 201 cm³/mol. The molecule has 4 heterocycles. The second-order valence-electron chi connectivity index (χ2n) is 14.5. The van der Waals surface area contributed by atoms with Gasteiger partial charge >= 0.3 is 18.1 Å². The molecule has 0 saturated carbocycles. The predicted octanol–water partition coefficient (Wildman–Crippen LogP) is 5.83. The second kappa shape index (κ2) is 17.2. The number of carbonyl (C=O) groups excluding carboxylic acids is 3. The van der Waals surface area contributed by atoms with Crippen molar-refractivity contribution in [1.82, 2.24) is 19.6 Å². The summed E-state index contributed by atoms with van der Waals surface area (Å²) in [5.41, 5.74) is 3.18. The number of nitrogens with one attached hydrogen (secondary N) is 1. The molecule has 3 N–H and O–H groups in total. The maximum absolute atomic E-state index is 14.1. The van der Waals surface area contributed by atoms with Gasteiger partial charge in [0.05, 0.1) is 10.9 Å². The molecule has 52 heavy (non-hydrogen) atoms. The number of urea groups is 1. The number of carbonyl (C=O) groups is 4. The number of aliphatic carboxylic acids is 1. The third-order valence-electron chi connectivity index (χ3n) is 11.4. The van der Waals surface area contributed by atoms with Crippen molar-refractivity contribution < 1.29 is 34.1 Å². The van der Waals surface area contributed by atoms with Crippen molar-refractivity contribution in [2.75, 3.05) is 57.7 Å². The number of amides is 4. The van der Waals surface area contributed by atoms with Crippen LogP contribution in [0.25, 0.3) is 6.08 Å². The summed E-state index contributed by atoms with van der Waals surface area (Å²) >= 11 is 3.40. The lowest BCUT2D eigenvalue weighted by Crippen LogP contribution is -2.52. The summed E-state index contributed by atoms with van der Waals surface area (Å²) in [6.45, 7) is 8.78. The van der Waals surface area contributed by atoms with Crippen LogP contribution in [-0.2, 0) is 27.2 Å². The lowest BCUT2D eigenvalue weighted by Gasteiger charge is -2.41. The summed E-state index contributed by atoms with van der Waals surface area (Å²) < 4.78 is 6.53. The normalized spacial score (nSPS) is 20.1. The van der Waals surface area contributed by atoms with Gasteiger partial charge in [-0.15, -0.1) is 0 Å². The monoisotopic (exact) mass is 779 g/mol. The SMILES string of the molecule is C=Cc1cc(C[C@@H](OC(=O)N2CCC(N3CCc4ccccc4NC3=O)CC2)C(=O)N2CCC(C3CCN(CCC(=O)O)CC3)CC2)cc(Br)c1O. The Bertz CT molecular complexity index is 1630. The molecule has 6 rings (SSSR count). The van der Waals surface area contributed by atoms with Crippen LogP contribution >= 0.6 is 15.9 Å².